The summed E-state index contributed by atoms with van der Waals surface area (Å²) in [7, 11) is 0. The fraction of sp³-hybridized carbons (Fsp3) is 0.333. The molecule has 4 nitrogen and oxygen atoms in total. The Bertz CT molecular complexity index is 625. The maximum atomic E-state index is 12.3. The molecule has 2 fully saturated rings. The lowest BCUT2D eigenvalue weighted by atomic mass is 10.00. The van der Waals surface area contributed by atoms with Crippen LogP contribution in [0.3, 0.4) is 0 Å². The van der Waals surface area contributed by atoms with Crippen molar-refractivity contribution >= 4 is 17.5 Å². The first-order valence-electron chi connectivity index (χ1n) is 6.66. The predicted molar refractivity (Wildman–Crippen MR) is 71.0 cm³/mol. The largest absolute Gasteiger partial charge is 0.573 e. The minimum Gasteiger partial charge on any atom is -0.406 e. The molecule has 116 valence electrons. The number of imide groups is 1. The van der Waals surface area contributed by atoms with Gasteiger partial charge in [-0.25, -0.2) is 0 Å². The molecule has 1 aliphatic carbocycles. The van der Waals surface area contributed by atoms with Crippen molar-refractivity contribution in [2.75, 3.05) is 4.90 Å². The molecule has 1 saturated heterocycles. The van der Waals surface area contributed by atoms with Gasteiger partial charge in [-0.1, -0.05) is 12.2 Å². The third kappa shape index (κ3) is 2.47. The van der Waals surface area contributed by atoms with Crippen molar-refractivity contribution in [3.05, 3.63) is 36.4 Å². The van der Waals surface area contributed by atoms with E-state index in [9.17, 15) is 22.8 Å². The Hall–Kier alpha value is -2.31. The zero-order valence-electron chi connectivity index (χ0n) is 11.4. The zero-order valence-corrected chi connectivity index (χ0v) is 11.4. The first-order chi connectivity index (χ1) is 10.3. The molecule has 1 aliphatic heterocycles. The van der Waals surface area contributed by atoms with E-state index >= 15 is 0 Å². The van der Waals surface area contributed by atoms with E-state index in [4.69, 9.17) is 0 Å². The highest BCUT2D eigenvalue weighted by atomic mass is 19.4. The quantitative estimate of drug-likeness (QED) is 0.623. The first kappa shape index (κ1) is 14.6. The predicted octanol–water partition coefficient (Wildman–Crippen LogP) is 3.04. The molecular weight excluding hydrogens is 299 g/mol. The summed E-state index contributed by atoms with van der Waals surface area (Å²) in [5.74, 6) is -1.84. The number of ether oxygens (including phenoxy) is 1. The number of anilines is 1. The van der Waals surface area contributed by atoms with Crippen LogP contribution in [-0.4, -0.2) is 18.2 Å². The van der Waals surface area contributed by atoms with E-state index in [0.717, 1.165) is 22.6 Å². The van der Waals surface area contributed by atoms with Crippen LogP contribution >= 0.6 is 0 Å². The summed E-state index contributed by atoms with van der Waals surface area (Å²) >= 11 is 0. The standard InChI is InChI=1S/C15H12F3NO3/c1-8-6-11-12(7-8)14(21)19(13(11)20)9-2-4-10(5-3-9)22-15(16,17)18/h2-5,11-12H,1,6-7H2. The van der Waals surface area contributed by atoms with E-state index in [1.165, 1.54) is 12.1 Å². The highest BCUT2D eigenvalue weighted by molar-refractivity contribution is 6.22. The number of amides is 2. The minimum absolute atomic E-state index is 0.254. The van der Waals surface area contributed by atoms with E-state index in [-0.39, 0.29) is 17.5 Å². The second-order valence-corrected chi connectivity index (χ2v) is 5.42. The topological polar surface area (TPSA) is 46.6 Å². The maximum Gasteiger partial charge on any atom is 0.573 e. The second-order valence-electron chi connectivity index (χ2n) is 5.42. The Balaban J connectivity index is 1.82. The van der Waals surface area contributed by atoms with Gasteiger partial charge in [0.2, 0.25) is 11.8 Å². The van der Waals surface area contributed by atoms with E-state index in [0.29, 0.717) is 12.8 Å². The summed E-state index contributed by atoms with van der Waals surface area (Å²) in [6.45, 7) is 3.80. The number of fused-ring (bicyclic) bond motifs is 1. The number of allylic oxidation sites excluding steroid dienone is 1. The van der Waals surface area contributed by atoms with Crippen molar-refractivity contribution in [2.24, 2.45) is 11.8 Å². The molecule has 1 heterocycles. The fourth-order valence-electron chi connectivity index (χ4n) is 3.00. The molecule has 2 atom stereocenters. The van der Waals surface area contributed by atoms with Gasteiger partial charge in [-0.3, -0.25) is 14.5 Å². The number of nitrogens with zero attached hydrogens (tertiary/aromatic N) is 1. The van der Waals surface area contributed by atoms with Crippen LogP contribution in [0.2, 0.25) is 0 Å². The molecule has 2 aliphatic rings. The van der Waals surface area contributed by atoms with Crippen LogP contribution in [0.25, 0.3) is 0 Å². The fourth-order valence-corrected chi connectivity index (χ4v) is 3.00. The number of alkyl halides is 3. The van der Waals surface area contributed by atoms with E-state index < -0.39 is 23.9 Å². The van der Waals surface area contributed by atoms with Crippen molar-refractivity contribution < 1.29 is 27.5 Å². The molecule has 1 aromatic carbocycles. The van der Waals surface area contributed by atoms with Crippen LogP contribution in [0, 0.1) is 11.8 Å². The number of benzene rings is 1. The molecule has 1 aromatic rings. The van der Waals surface area contributed by atoms with Crippen molar-refractivity contribution in [2.45, 2.75) is 19.2 Å². The van der Waals surface area contributed by atoms with Crippen LogP contribution in [0.5, 0.6) is 5.75 Å². The third-order valence-corrected chi connectivity index (χ3v) is 3.91. The van der Waals surface area contributed by atoms with Crippen LogP contribution < -0.4 is 9.64 Å². The zero-order chi connectivity index (χ0) is 16.1. The van der Waals surface area contributed by atoms with E-state index in [1.807, 2.05) is 0 Å². The van der Waals surface area contributed by atoms with Crippen molar-refractivity contribution in [1.82, 2.24) is 0 Å². The van der Waals surface area contributed by atoms with Crippen molar-refractivity contribution in [3.8, 4) is 5.75 Å². The van der Waals surface area contributed by atoms with Crippen LogP contribution in [0.4, 0.5) is 18.9 Å². The molecule has 1 saturated carbocycles. The van der Waals surface area contributed by atoms with E-state index in [2.05, 4.69) is 11.3 Å². The summed E-state index contributed by atoms with van der Waals surface area (Å²) in [6.07, 6.45) is -3.81. The first-order valence-corrected chi connectivity index (χ1v) is 6.66. The van der Waals surface area contributed by atoms with Gasteiger partial charge in [-0.15, -0.1) is 13.2 Å². The maximum absolute atomic E-state index is 12.3. The Morgan fingerprint density at radius 2 is 1.55 bits per heavy atom. The highest BCUT2D eigenvalue weighted by Crippen LogP contribution is 2.43. The Kier molecular flexibility index (Phi) is 3.23. The number of rotatable bonds is 2. The van der Waals surface area contributed by atoms with Crippen LogP contribution in [0.1, 0.15) is 12.8 Å². The summed E-state index contributed by atoms with van der Waals surface area (Å²) in [6, 6.07) is 4.70. The van der Waals surface area contributed by atoms with Crippen molar-refractivity contribution in [3.63, 3.8) is 0 Å². The number of hydrogen-bond donors (Lipinski definition) is 0. The molecule has 3 rings (SSSR count). The van der Waals surface area contributed by atoms with Gasteiger partial charge >= 0.3 is 6.36 Å². The number of carbonyl (C=O) groups is 2. The summed E-state index contributed by atoms with van der Waals surface area (Å²) < 4.78 is 40.1. The molecule has 0 aromatic heterocycles. The van der Waals surface area contributed by atoms with Gasteiger partial charge in [0, 0.05) is 0 Å². The van der Waals surface area contributed by atoms with Crippen LogP contribution in [-0.2, 0) is 9.59 Å². The third-order valence-electron chi connectivity index (χ3n) is 3.91. The highest BCUT2D eigenvalue weighted by Gasteiger charge is 2.51. The number of carbonyl (C=O) groups excluding carboxylic acids is 2. The minimum atomic E-state index is -4.78. The average molecular weight is 311 g/mol. The van der Waals surface area contributed by atoms with Gasteiger partial charge < -0.3 is 4.74 Å². The molecule has 2 amide bonds. The van der Waals surface area contributed by atoms with Gasteiger partial charge in [-0.2, -0.15) is 0 Å². The summed E-state index contributed by atoms with van der Waals surface area (Å²) in [5, 5.41) is 0. The summed E-state index contributed by atoms with van der Waals surface area (Å²) in [5.41, 5.74) is 1.13. The molecule has 0 spiro atoms. The van der Waals surface area contributed by atoms with Crippen molar-refractivity contribution in [1.29, 1.82) is 0 Å². The molecule has 22 heavy (non-hydrogen) atoms. The smallest absolute Gasteiger partial charge is 0.406 e. The van der Waals surface area contributed by atoms with Gasteiger partial charge in [0.15, 0.2) is 0 Å². The SMILES string of the molecule is C=C1CC2C(=O)N(c3ccc(OC(F)(F)F)cc3)C(=O)C2C1. The van der Waals surface area contributed by atoms with Gasteiger partial charge in [0.1, 0.15) is 5.75 Å². The Morgan fingerprint density at radius 1 is 1.05 bits per heavy atom. The number of hydrogen-bond acceptors (Lipinski definition) is 3. The van der Waals surface area contributed by atoms with Gasteiger partial charge in [0.25, 0.3) is 0 Å². The molecule has 2 unspecified atom stereocenters. The average Bonchev–Trinajstić information content (AvgIpc) is 2.89. The lowest BCUT2D eigenvalue weighted by Crippen LogP contribution is -2.31. The molecular formula is C15H12F3NO3. The van der Waals surface area contributed by atoms with Crippen LogP contribution in [0.15, 0.2) is 36.4 Å². The lowest BCUT2D eigenvalue weighted by Gasteiger charge is -2.17. The summed E-state index contributed by atoms with van der Waals surface area (Å²) in [4.78, 5) is 25.7. The monoisotopic (exact) mass is 311 g/mol. The normalized spacial score (nSPS) is 24.9. The molecule has 0 bridgehead atoms. The van der Waals surface area contributed by atoms with E-state index in [1.54, 1.807) is 0 Å². The second kappa shape index (κ2) is 4.86. The molecule has 0 radical (unpaired) electrons. The molecule has 0 N–H and O–H groups in total. The molecule has 7 heteroatoms. The lowest BCUT2D eigenvalue weighted by molar-refractivity contribution is -0.274. The van der Waals surface area contributed by atoms with Gasteiger partial charge in [0.05, 0.1) is 17.5 Å². The number of halogens is 3. The van der Waals surface area contributed by atoms with Gasteiger partial charge in [-0.05, 0) is 37.1 Å². The Labute approximate surface area is 124 Å². The Morgan fingerprint density at radius 3 is 2.00 bits per heavy atom.